The fourth-order valence-corrected chi connectivity index (χ4v) is 12.6. The molecule has 8 N–H and O–H groups in total. The Morgan fingerprint density at radius 3 is 2.15 bits per heavy atom. The van der Waals surface area contributed by atoms with Crippen molar-refractivity contribution in [1.82, 2.24) is 60.7 Å². The van der Waals surface area contributed by atoms with Crippen LogP contribution in [-0.4, -0.2) is 191 Å². The van der Waals surface area contributed by atoms with Gasteiger partial charge in [0.15, 0.2) is 29.8 Å². The number of pyridine rings is 1. The number of anilines is 1. The molecule has 0 aliphatic carbocycles. The zero-order valence-corrected chi connectivity index (χ0v) is 46.2. The van der Waals surface area contributed by atoms with E-state index in [2.05, 4.69) is 41.6 Å². The van der Waals surface area contributed by atoms with Crippen LogP contribution in [0, 0.1) is 0 Å². The van der Waals surface area contributed by atoms with Crippen molar-refractivity contribution in [3.63, 3.8) is 0 Å². The molecule has 1 aromatic carbocycles. The topological polar surface area (TPSA) is 411 Å². The number of carbonyl (C=O) groups excluding carboxylic acids is 8. The van der Waals surface area contributed by atoms with Crippen LogP contribution in [0.3, 0.4) is 0 Å². The number of thiazole rings is 1. The lowest BCUT2D eigenvalue weighted by atomic mass is 10.0. The summed E-state index contributed by atoms with van der Waals surface area (Å²) in [6, 6.07) is 6.20. The number of rotatable bonds is 18. The molecule has 30 nitrogen and oxygen atoms in total. The molecule has 0 unspecified atom stereocenters. The summed E-state index contributed by atoms with van der Waals surface area (Å²) in [6.45, 7) is 4.79. The highest BCUT2D eigenvalue weighted by molar-refractivity contribution is 8.01. The third-order valence-electron chi connectivity index (χ3n) is 12.7. The third-order valence-corrected chi connectivity index (χ3v) is 17.2. The van der Waals surface area contributed by atoms with Crippen LogP contribution in [0.25, 0.3) is 0 Å². The van der Waals surface area contributed by atoms with Crippen LogP contribution in [0.15, 0.2) is 93.1 Å². The number of tetrazole rings is 1. The van der Waals surface area contributed by atoms with Gasteiger partial charge in [-0.1, -0.05) is 35.1 Å². The lowest BCUT2D eigenvalue weighted by molar-refractivity contribution is -0.689. The number of nitrogens with zero attached hydrogens (tertiary/aromatic N) is 11. The number of aryl methyl sites for hydroxylation is 1. The van der Waals surface area contributed by atoms with E-state index in [1.165, 1.54) is 88.4 Å². The second-order valence-electron chi connectivity index (χ2n) is 18.4. The molecule has 3 saturated heterocycles. The summed E-state index contributed by atoms with van der Waals surface area (Å²) in [4.78, 5) is 140. The number of piperazine rings is 1. The monoisotopic (exact) mass is 1190 g/mol. The lowest BCUT2D eigenvalue weighted by Crippen LogP contribution is -2.71. The first-order valence-corrected chi connectivity index (χ1v) is 28.1. The Hall–Kier alpha value is -8.63. The van der Waals surface area contributed by atoms with Gasteiger partial charge in [0, 0.05) is 67.0 Å². The Labute approximate surface area is 474 Å². The maximum atomic E-state index is 13.6. The number of carboxylic acid groups (broad SMARTS) is 3. The van der Waals surface area contributed by atoms with Crippen molar-refractivity contribution in [3.8, 4) is 5.75 Å². The number of aromatic nitrogens is 6. The minimum absolute atomic E-state index is 0.0265. The number of nitrogens with one attached hydrogen (secondary N) is 3. The van der Waals surface area contributed by atoms with Crippen LogP contribution in [0.4, 0.5) is 9.93 Å². The average molecular weight is 1190 g/mol. The first-order valence-electron chi connectivity index (χ1n) is 24.1. The van der Waals surface area contributed by atoms with Crippen molar-refractivity contribution in [3.05, 3.63) is 94.0 Å². The van der Waals surface area contributed by atoms with Crippen molar-refractivity contribution in [2.75, 3.05) is 42.6 Å². The quantitative estimate of drug-likeness (QED) is 0.0136. The van der Waals surface area contributed by atoms with Crippen molar-refractivity contribution in [2.24, 2.45) is 12.2 Å². The third kappa shape index (κ3) is 12.4. The van der Waals surface area contributed by atoms with Gasteiger partial charge in [0.2, 0.25) is 16.7 Å². The first kappa shape index (κ1) is 58.5. The molecular weight excluding hydrogens is 1140 g/mol. The second-order valence-corrected chi connectivity index (χ2v) is 22.5. The highest BCUT2D eigenvalue weighted by atomic mass is 32.2. The summed E-state index contributed by atoms with van der Waals surface area (Å²) < 4.78 is 3.22. The molecule has 426 valence electrons. The molecule has 4 aromatic rings. The normalized spacial score (nSPS) is 20.2. The van der Waals surface area contributed by atoms with E-state index in [-0.39, 0.29) is 70.4 Å². The minimum atomic E-state index is -1.75. The molecule has 0 saturated carbocycles. The molecule has 3 fully saturated rings. The Kier molecular flexibility index (Phi) is 17.6. The summed E-state index contributed by atoms with van der Waals surface area (Å²) in [7, 11) is 1.64. The number of imide groups is 1. The average Bonchev–Trinajstić information content (AvgIpc) is 4.13. The molecule has 5 atom stereocenters. The summed E-state index contributed by atoms with van der Waals surface area (Å²) in [5, 5.41) is 64.0. The van der Waals surface area contributed by atoms with Gasteiger partial charge in [-0.25, -0.2) is 28.6 Å². The van der Waals surface area contributed by atoms with Gasteiger partial charge in [-0.05, 0) is 54.5 Å². The van der Waals surface area contributed by atoms with Crippen molar-refractivity contribution < 1.29 is 77.8 Å². The smallest absolute Gasteiger partial charge is 0.352 e. The number of nitrogens with two attached hydrogens (primary N) is 1. The first-order chi connectivity index (χ1) is 38.5. The van der Waals surface area contributed by atoms with Crippen LogP contribution in [0.2, 0.25) is 0 Å². The Balaban J connectivity index is 0.000000216. The van der Waals surface area contributed by atoms with Gasteiger partial charge in [0.1, 0.15) is 46.0 Å². The standard InChI is InChI=1S/C25H27N9O8S2.C22H22N6O7S2/c1-3-32-8-9-33(21(39)20(32)38)24(42)27-15(12-4-6-14(35)7-5-12)18(36)26-16-19(37)34-17(23(40)41)13(10-43-22(16)34)11-44-25-28-29-30-31(25)2;1-22(2,20(33)34)35-26-13(12-10-37-21(23)24-12)16(29)25-14-17(30)28-15(19(31)32)11(9-36-18(14)28)8-27-6-4-3-5-7-27/h4-7,15-16,22,35H,3,8-11H2,1-2H3,(H,26,36)(H,27,42)(H,40,41);3-7,10,14,18H,8-9H2,1-2H3,(H4-,23,24,25,29,31,32,33,34)/b;26-13-/t15-,16-,22-;14-,18-/m11/s1. The van der Waals surface area contributed by atoms with E-state index in [9.17, 15) is 68.4 Å². The number of fused-ring (bicyclic) bond motifs is 2. The number of aromatic hydroxyl groups is 1. The van der Waals surface area contributed by atoms with Gasteiger partial charge >= 0.3 is 29.8 Å². The highest BCUT2D eigenvalue weighted by Crippen LogP contribution is 2.42. The number of phenolic OH excluding ortho intramolecular Hbond substituents is 1. The molecule has 3 aromatic heterocycles. The number of carboxylic acids is 3. The van der Waals surface area contributed by atoms with Gasteiger partial charge in [-0.2, -0.15) is 0 Å². The van der Waals surface area contributed by atoms with E-state index < -0.39 is 93.9 Å². The number of carbonyl (C=O) groups is 10. The highest BCUT2D eigenvalue weighted by Gasteiger charge is 2.56. The Morgan fingerprint density at radius 2 is 1.57 bits per heavy atom. The van der Waals surface area contributed by atoms with Gasteiger partial charge in [0.25, 0.3) is 17.7 Å². The van der Waals surface area contributed by atoms with Gasteiger partial charge in [-0.15, -0.1) is 40.0 Å². The fraction of sp³-hybridized carbons (Fsp3) is 0.362. The van der Waals surface area contributed by atoms with E-state index in [1.807, 2.05) is 6.07 Å². The summed E-state index contributed by atoms with van der Waals surface area (Å²) in [5.74, 6) is -8.27. The molecule has 5 aliphatic heterocycles. The Morgan fingerprint density at radius 1 is 0.926 bits per heavy atom. The van der Waals surface area contributed by atoms with Crippen LogP contribution in [0.1, 0.15) is 38.1 Å². The number of phenols is 1. The predicted octanol–water partition coefficient (Wildman–Crippen LogP) is -2.41. The molecule has 81 heavy (non-hydrogen) atoms. The lowest BCUT2D eigenvalue weighted by Gasteiger charge is -2.50. The maximum absolute atomic E-state index is 13.6. The number of thioether (sulfide) groups is 3. The van der Waals surface area contributed by atoms with Crippen LogP contribution in [0.5, 0.6) is 5.75 Å². The number of amides is 8. The van der Waals surface area contributed by atoms with E-state index in [0.29, 0.717) is 33.5 Å². The second kappa shape index (κ2) is 24.4. The molecule has 34 heteroatoms. The largest absolute Gasteiger partial charge is 0.543 e. The number of nitrogen functional groups attached to an aromatic ring is 1. The molecule has 8 amide bonds. The molecular formula is C47H49N15O15S4. The molecule has 0 radical (unpaired) electrons. The summed E-state index contributed by atoms with van der Waals surface area (Å²) in [6.07, 6.45) is 3.55. The van der Waals surface area contributed by atoms with Crippen molar-refractivity contribution in [1.29, 1.82) is 0 Å². The number of β-lactam (4-membered cyclic amide) rings is 2. The van der Waals surface area contributed by atoms with Gasteiger partial charge in [-0.3, -0.25) is 43.5 Å². The fourth-order valence-electron chi connectivity index (χ4n) is 8.43. The zero-order valence-electron chi connectivity index (χ0n) is 43.0. The van der Waals surface area contributed by atoms with Crippen molar-refractivity contribution in [2.45, 2.75) is 66.9 Å². The maximum Gasteiger partial charge on any atom is 0.352 e. The van der Waals surface area contributed by atoms with Crippen molar-refractivity contribution >= 4 is 117 Å². The number of benzene rings is 1. The Bertz CT molecular complexity index is 3320. The zero-order chi connectivity index (χ0) is 58.6. The molecule has 9 rings (SSSR count). The molecule has 0 bridgehead atoms. The van der Waals surface area contributed by atoms with E-state index in [0.717, 1.165) is 21.1 Å². The van der Waals surface area contributed by atoms with Crippen LogP contribution in [-0.2, 0) is 61.6 Å². The number of hydrogen-bond acceptors (Lipinski definition) is 23. The van der Waals surface area contributed by atoms with Gasteiger partial charge in [0.05, 0.1) is 11.7 Å². The minimum Gasteiger partial charge on any atom is -0.543 e. The number of aliphatic carboxylic acids is 3. The molecule has 8 heterocycles. The van der Waals surface area contributed by atoms with Crippen LogP contribution >= 0.6 is 46.6 Å². The predicted molar refractivity (Wildman–Crippen MR) is 282 cm³/mol. The van der Waals surface area contributed by atoms with Crippen LogP contribution < -0.4 is 31.4 Å². The number of oxime groups is 1. The summed E-state index contributed by atoms with van der Waals surface area (Å²) in [5.41, 5.74) is 4.37. The number of likely N-dealkylation sites (N-methyl/N-ethyl adjacent to an activating group) is 1. The number of urea groups is 1. The van der Waals surface area contributed by atoms with E-state index in [4.69, 9.17) is 10.6 Å². The van der Waals surface area contributed by atoms with E-state index >= 15 is 0 Å². The SMILES string of the molecule is CC(C)(O/N=C(\C(=O)N[C@@H]1C(=O)N2C(C(=O)[O-])=C(C[n+]3ccccc3)CS[C@H]12)c1csc(N)n1)C(=O)O.CCN1CCN(C(=O)N[C@@H](C(=O)N[C@@H]2C(=O)N3C(C(=O)O)=C(CSc4nnnn4C)CS[C@H]23)c2ccc(O)cc2)C(=O)C1=O. The number of hydrogen-bond donors (Lipinski definition) is 7. The van der Waals surface area contributed by atoms with Gasteiger partial charge < -0.3 is 56.6 Å². The molecule has 5 aliphatic rings. The van der Waals surface area contributed by atoms with E-state index in [1.54, 1.807) is 43.1 Å². The summed E-state index contributed by atoms with van der Waals surface area (Å²) >= 11 is 4.81. The molecule has 0 spiro atoms.